The van der Waals surface area contributed by atoms with Gasteiger partial charge in [-0.2, -0.15) is 0 Å². The van der Waals surface area contributed by atoms with Crippen molar-refractivity contribution in [2.75, 3.05) is 19.8 Å². The predicted octanol–water partition coefficient (Wildman–Crippen LogP) is 1.98. The fraction of sp³-hybridized carbons (Fsp3) is 0.462. The van der Waals surface area contributed by atoms with Crippen molar-refractivity contribution >= 4 is 5.78 Å². The minimum atomic E-state index is 0.0342. The molecule has 1 saturated heterocycles. The van der Waals surface area contributed by atoms with Crippen molar-refractivity contribution in [2.24, 2.45) is 0 Å². The lowest BCUT2D eigenvalue weighted by molar-refractivity contribution is 0.0390. The van der Waals surface area contributed by atoms with E-state index in [-0.39, 0.29) is 18.5 Å². The molecular weight excluding hydrogens is 204 g/mol. The van der Waals surface area contributed by atoms with Crippen molar-refractivity contribution in [2.45, 2.75) is 19.4 Å². The third kappa shape index (κ3) is 2.90. The second-order valence-electron chi connectivity index (χ2n) is 4.09. The number of aryl methyl sites for hydroxylation is 1. The molecule has 2 rings (SSSR count). The van der Waals surface area contributed by atoms with Crippen LogP contribution in [0, 0.1) is 6.92 Å². The maximum atomic E-state index is 11.7. The van der Waals surface area contributed by atoms with Gasteiger partial charge in [0.05, 0.1) is 12.7 Å². The Balaban J connectivity index is 1.85. The summed E-state index contributed by atoms with van der Waals surface area (Å²) in [5, 5.41) is 0. The van der Waals surface area contributed by atoms with E-state index in [0.29, 0.717) is 12.2 Å². The Morgan fingerprint density at radius 2 is 2.19 bits per heavy atom. The van der Waals surface area contributed by atoms with Crippen LogP contribution in [0.2, 0.25) is 0 Å². The van der Waals surface area contributed by atoms with Crippen LogP contribution in [0.4, 0.5) is 0 Å². The first-order valence-electron chi connectivity index (χ1n) is 5.55. The summed E-state index contributed by atoms with van der Waals surface area (Å²) in [4.78, 5) is 11.7. The van der Waals surface area contributed by atoms with Gasteiger partial charge in [-0.25, -0.2) is 0 Å². The SMILES string of the molecule is Cc1ccc(C(=O)COC2CCOC2)cc1. The minimum absolute atomic E-state index is 0.0342. The summed E-state index contributed by atoms with van der Waals surface area (Å²) in [5.74, 6) is 0.0342. The van der Waals surface area contributed by atoms with Crippen molar-refractivity contribution in [1.82, 2.24) is 0 Å². The molecule has 0 radical (unpaired) electrons. The van der Waals surface area contributed by atoms with Gasteiger partial charge >= 0.3 is 0 Å². The largest absolute Gasteiger partial charge is 0.379 e. The number of hydrogen-bond donors (Lipinski definition) is 0. The van der Waals surface area contributed by atoms with Crippen LogP contribution in [0.25, 0.3) is 0 Å². The molecule has 1 fully saturated rings. The van der Waals surface area contributed by atoms with Gasteiger partial charge < -0.3 is 9.47 Å². The monoisotopic (exact) mass is 220 g/mol. The Kier molecular flexibility index (Phi) is 3.70. The highest BCUT2D eigenvalue weighted by Gasteiger charge is 2.17. The fourth-order valence-electron chi connectivity index (χ4n) is 1.66. The normalized spacial score (nSPS) is 19.9. The smallest absolute Gasteiger partial charge is 0.188 e. The van der Waals surface area contributed by atoms with Gasteiger partial charge in [0.2, 0.25) is 0 Å². The summed E-state index contributed by atoms with van der Waals surface area (Å²) in [6.07, 6.45) is 0.982. The van der Waals surface area contributed by atoms with Crippen molar-refractivity contribution in [1.29, 1.82) is 0 Å². The number of benzene rings is 1. The van der Waals surface area contributed by atoms with Crippen molar-refractivity contribution in [3.63, 3.8) is 0 Å². The van der Waals surface area contributed by atoms with Crippen molar-refractivity contribution < 1.29 is 14.3 Å². The van der Waals surface area contributed by atoms with Crippen LogP contribution in [-0.4, -0.2) is 31.7 Å². The Morgan fingerprint density at radius 3 is 2.81 bits per heavy atom. The summed E-state index contributed by atoms with van der Waals surface area (Å²) in [6.45, 7) is 3.50. The van der Waals surface area contributed by atoms with Gasteiger partial charge in [0, 0.05) is 12.2 Å². The molecule has 0 spiro atoms. The molecule has 0 saturated carbocycles. The highest BCUT2D eigenvalue weighted by atomic mass is 16.5. The number of Topliss-reactive ketones (excluding diaryl/α,β-unsaturated/α-hetero) is 1. The third-order valence-corrected chi connectivity index (χ3v) is 2.71. The second kappa shape index (κ2) is 5.23. The molecule has 1 heterocycles. The van der Waals surface area contributed by atoms with Crippen LogP contribution in [-0.2, 0) is 9.47 Å². The number of carbonyl (C=O) groups excluding carboxylic acids is 1. The van der Waals surface area contributed by atoms with Crippen LogP contribution < -0.4 is 0 Å². The molecule has 16 heavy (non-hydrogen) atoms. The number of ether oxygens (including phenoxy) is 2. The van der Waals surface area contributed by atoms with E-state index in [4.69, 9.17) is 9.47 Å². The van der Waals surface area contributed by atoms with E-state index in [1.54, 1.807) is 0 Å². The summed E-state index contributed by atoms with van der Waals surface area (Å²) in [7, 11) is 0. The minimum Gasteiger partial charge on any atom is -0.379 e. The zero-order valence-corrected chi connectivity index (χ0v) is 9.44. The van der Waals surface area contributed by atoms with Crippen molar-refractivity contribution in [3.8, 4) is 0 Å². The van der Waals surface area contributed by atoms with Crippen LogP contribution in [0.1, 0.15) is 22.3 Å². The quantitative estimate of drug-likeness (QED) is 0.728. The zero-order valence-electron chi connectivity index (χ0n) is 9.44. The molecule has 3 heteroatoms. The number of carbonyl (C=O) groups is 1. The van der Waals surface area contributed by atoms with E-state index in [2.05, 4.69) is 0 Å². The summed E-state index contributed by atoms with van der Waals surface area (Å²) in [5.41, 5.74) is 1.87. The molecular formula is C13H16O3. The van der Waals surface area contributed by atoms with Crippen LogP contribution in [0.3, 0.4) is 0 Å². The van der Waals surface area contributed by atoms with Gasteiger partial charge in [-0.05, 0) is 13.3 Å². The highest BCUT2D eigenvalue weighted by Crippen LogP contribution is 2.10. The number of rotatable bonds is 4. The topological polar surface area (TPSA) is 35.5 Å². The number of ketones is 1. The van der Waals surface area contributed by atoms with Crippen LogP contribution >= 0.6 is 0 Å². The van der Waals surface area contributed by atoms with Gasteiger partial charge in [0.1, 0.15) is 6.61 Å². The Bertz CT molecular complexity index is 350. The van der Waals surface area contributed by atoms with Gasteiger partial charge in [-0.15, -0.1) is 0 Å². The predicted molar refractivity (Wildman–Crippen MR) is 60.7 cm³/mol. The van der Waals surface area contributed by atoms with E-state index in [1.807, 2.05) is 31.2 Å². The zero-order chi connectivity index (χ0) is 11.4. The van der Waals surface area contributed by atoms with E-state index < -0.39 is 0 Å². The Morgan fingerprint density at radius 1 is 1.44 bits per heavy atom. The average Bonchev–Trinajstić information content (AvgIpc) is 2.80. The molecule has 1 atom stereocenters. The van der Waals surface area contributed by atoms with E-state index in [9.17, 15) is 4.79 Å². The third-order valence-electron chi connectivity index (χ3n) is 2.71. The van der Waals surface area contributed by atoms with Gasteiger partial charge in [0.25, 0.3) is 0 Å². The molecule has 3 nitrogen and oxygen atoms in total. The lowest BCUT2D eigenvalue weighted by Gasteiger charge is -2.08. The Labute approximate surface area is 95.4 Å². The average molecular weight is 220 g/mol. The molecule has 0 aliphatic carbocycles. The molecule has 1 unspecified atom stereocenters. The maximum Gasteiger partial charge on any atom is 0.188 e. The van der Waals surface area contributed by atoms with Gasteiger partial charge in [-0.1, -0.05) is 29.8 Å². The van der Waals surface area contributed by atoms with Gasteiger partial charge in [0.15, 0.2) is 5.78 Å². The fourth-order valence-corrected chi connectivity index (χ4v) is 1.66. The molecule has 0 bridgehead atoms. The van der Waals surface area contributed by atoms with Crippen molar-refractivity contribution in [3.05, 3.63) is 35.4 Å². The standard InChI is InChI=1S/C13H16O3/c1-10-2-4-11(5-3-10)13(14)9-16-12-6-7-15-8-12/h2-5,12H,6-9H2,1H3. The number of hydrogen-bond acceptors (Lipinski definition) is 3. The molecule has 1 aromatic carbocycles. The van der Waals surface area contributed by atoms with Crippen LogP contribution in [0.5, 0.6) is 0 Å². The van der Waals surface area contributed by atoms with E-state index in [0.717, 1.165) is 18.6 Å². The molecule has 1 aromatic rings. The summed E-state index contributed by atoms with van der Waals surface area (Å²) < 4.78 is 10.6. The lowest BCUT2D eigenvalue weighted by Crippen LogP contribution is -2.18. The molecule has 0 N–H and O–H groups in total. The van der Waals surface area contributed by atoms with E-state index >= 15 is 0 Å². The maximum absolute atomic E-state index is 11.7. The summed E-state index contributed by atoms with van der Waals surface area (Å²) >= 11 is 0. The first-order chi connectivity index (χ1) is 7.75. The molecule has 1 aliphatic heterocycles. The Hall–Kier alpha value is -1.19. The molecule has 0 amide bonds. The lowest BCUT2D eigenvalue weighted by atomic mass is 10.1. The first-order valence-corrected chi connectivity index (χ1v) is 5.55. The second-order valence-corrected chi connectivity index (χ2v) is 4.09. The molecule has 1 aliphatic rings. The summed E-state index contributed by atoms with van der Waals surface area (Å²) in [6, 6.07) is 7.55. The highest BCUT2D eigenvalue weighted by molar-refractivity contribution is 5.97. The molecule has 0 aromatic heterocycles. The van der Waals surface area contributed by atoms with Crippen LogP contribution in [0.15, 0.2) is 24.3 Å². The molecule has 86 valence electrons. The van der Waals surface area contributed by atoms with E-state index in [1.165, 1.54) is 0 Å². The first kappa shape index (κ1) is 11.3. The van der Waals surface area contributed by atoms with Gasteiger partial charge in [-0.3, -0.25) is 4.79 Å².